The summed E-state index contributed by atoms with van der Waals surface area (Å²) in [6.07, 6.45) is 1.15. The monoisotopic (exact) mass is 383 g/mol. The topological polar surface area (TPSA) is 114 Å². The van der Waals surface area contributed by atoms with Crippen molar-refractivity contribution in [3.8, 4) is 11.5 Å². The molecule has 25 heavy (non-hydrogen) atoms. The number of para-hydroxylation sites is 2. The van der Waals surface area contributed by atoms with Crippen molar-refractivity contribution < 1.29 is 19.6 Å². The van der Waals surface area contributed by atoms with E-state index in [9.17, 15) is 20.0 Å². The quantitative estimate of drug-likeness (QED) is 0.451. The Morgan fingerprint density at radius 1 is 1.36 bits per heavy atom. The third-order valence-corrected chi connectivity index (χ3v) is 3.38. The zero-order valence-corrected chi connectivity index (χ0v) is 14.0. The number of carbonyl (C=O) groups excluding carboxylic acids is 1. The molecule has 0 unspecified atom stereocenters. The minimum atomic E-state index is -0.651. The van der Waals surface area contributed by atoms with Gasteiger partial charge in [0.2, 0.25) is 0 Å². The number of ether oxygens (including phenoxy) is 1. The van der Waals surface area contributed by atoms with Crippen LogP contribution in [0.2, 0.25) is 10.0 Å². The predicted octanol–water partition coefficient (Wildman–Crippen LogP) is 3.14. The molecule has 0 saturated carbocycles. The number of hydrogen-bond donors (Lipinski definition) is 2. The normalized spacial score (nSPS) is 10.6. The summed E-state index contributed by atoms with van der Waals surface area (Å²) in [6.45, 7) is -0.482. The predicted molar refractivity (Wildman–Crippen MR) is 92.5 cm³/mol. The van der Waals surface area contributed by atoms with Gasteiger partial charge in [-0.1, -0.05) is 35.3 Å². The summed E-state index contributed by atoms with van der Waals surface area (Å²) in [7, 11) is 0. The molecule has 2 rings (SSSR count). The number of benzene rings is 2. The molecule has 0 bridgehead atoms. The summed E-state index contributed by atoms with van der Waals surface area (Å²) in [5.74, 6) is -0.923. The standard InChI is InChI=1S/C15H11Cl2N3O5/c16-10-5-9(15(22)11(17)6-10)7-18-19-14(21)8-25-13-4-2-1-3-12(13)20(23)24/h1-7,22H,8H2,(H,19,21)/b18-7+. The number of carbonyl (C=O) groups is 1. The number of rotatable bonds is 6. The highest BCUT2D eigenvalue weighted by atomic mass is 35.5. The molecule has 2 N–H and O–H groups in total. The molecule has 0 saturated heterocycles. The van der Waals surface area contributed by atoms with Crippen LogP contribution in [0.5, 0.6) is 11.5 Å². The number of aromatic hydroxyl groups is 1. The second kappa shape index (κ2) is 8.32. The van der Waals surface area contributed by atoms with E-state index in [1.165, 1.54) is 30.3 Å². The molecular formula is C15H11Cl2N3O5. The lowest BCUT2D eigenvalue weighted by atomic mass is 10.2. The highest BCUT2D eigenvalue weighted by molar-refractivity contribution is 6.36. The van der Waals surface area contributed by atoms with Gasteiger partial charge in [-0.25, -0.2) is 5.43 Å². The van der Waals surface area contributed by atoms with Crippen LogP contribution < -0.4 is 10.2 Å². The van der Waals surface area contributed by atoms with E-state index in [2.05, 4.69) is 10.5 Å². The van der Waals surface area contributed by atoms with Crippen LogP contribution in [0.15, 0.2) is 41.5 Å². The number of phenols is 1. The van der Waals surface area contributed by atoms with Crippen molar-refractivity contribution in [1.82, 2.24) is 5.43 Å². The number of hydrogen-bond acceptors (Lipinski definition) is 6. The molecule has 0 aliphatic heterocycles. The SMILES string of the molecule is O=C(COc1ccccc1[N+](=O)[O-])N/N=C/c1cc(Cl)cc(Cl)c1O. The summed E-state index contributed by atoms with van der Waals surface area (Å²) < 4.78 is 5.11. The molecule has 0 aromatic heterocycles. The molecule has 0 radical (unpaired) electrons. The Labute approximate surface area is 151 Å². The fourth-order valence-corrected chi connectivity index (χ4v) is 2.27. The Balaban J connectivity index is 1.95. The Kier molecular flexibility index (Phi) is 6.15. The molecule has 130 valence electrons. The van der Waals surface area contributed by atoms with Gasteiger partial charge in [0.1, 0.15) is 5.75 Å². The summed E-state index contributed by atoms with van der Waals surface area (Å²) in [4.78, 5) is 21.9. The van der Waals surface area contributed by atoms with Crippen LogP contribution in [0.1, 0.15) is 5.56 Å². The zero-order valence-electron chi connectivity index (χ0n) is 12.5. The number of nitrogens with zero attached hydrogens (tertiary/aromatic N) is 2. The lowest BCUT2D eigenvalue weighted by Crippen LogP contribution is -2.24. The molecule has 2 aromatic carbocycles. The summed E-state index contributed by atoms with van der Waals surface area (Å²) >= 11 is 11.6. The largest absolute Gasteiger partial charge is 0.506 e. The van der Waals surface area contributed by atoms with Crippen molar-refractivity contribution >= 4 is 41.0 Å². The van der Waals surface area contributed by atoms with Crippen molar-refractivity contribution in [2.24, 2.45) is 5.10 Å². The van der Waals surface area contributed by atoms with Crippen LogP contribution in [0.3, 0.4) is 0 Å². The van der Waals surface area contributed by atoms with Gasteiger partial charge in [-0.15, -0.1) is 0 Å². The number of amides is 1. The molecule has 0 fully saturated rings. The van der Waals surface area contributed by atoms with Crippen LogP contribution in [0, 0.1) is 10.1 Å². The molecule has 0 atom stereocenters. The van der Waals surface area contributed by atoms with E-state index < -0.39 is 17.4 Å². The van der Waals surface area contributed by atoms with Gasteiger partial charge >= 0.3 is 5.69 Å². The third-order valence-electron chi connectivity index (χ3n) is 2.87. The number of nitro benzene ring substituents is 1. The van der Waals surface area contributed by atoms with Gasteiger partial charge in [0.25, 0.3) is 5.91 Å². The third kappa shape index (κ3) is 5.07. The Morgan fingerprint density at radius 2 is 2.08 bits per heavy atom. The smallest absolute Gasteiger partial charge is 0.310 e. The fraction of sp³-hybridized carbons (Fsp3) is 0.0667. The lowest BCUT2D eigenvalue weighted by molar-refractivity contribution is -0.385. The van der Waals surface area contributed by atoms with Crippen LogP contribution in [0.4, 0.5) is 5.69 Å². The Morgan fingerprint density at radius 3 is 2.80 bits per heavy atom. The molecule has 10 heteroatoms. The van der Waals surface area contributed by atoms with Gasteiger partial charge < -0.3 is 9.84 Å². The summed E-state index contributed by atoms with van der Waals surface area (Å²) in [5, 5.41) is 24.5. The van der Waals surface area contributed by atoms with E-state index in [1.807, 2.05) is 0 Å². The zero-order chi connectivity index (χ0) is 18.4. The number of nitro groups is 1. The van der Waals surface area contributed by atoms with E-state index in [-0.39, 0.29) is 32.8 Å². The van der Waals surface area contributed by atoms with E-state index >= 15 is 0 Å². The van der Waals surface area contributed by atoms with Crippen LogP contribution in [-0.2, 0) is 4.79 Å². The number of phenolic OH excluding ortho intramolecular Hbond substituents is 1. The van der Waals surface area contributed by atoms with Crippen LogP contribution >= 0.6 is 23.2 Å². The highest BCUT2D eigenvalue weighted by Gasteiger charge is 2.14. The molecule has 1 amide bonds. The van der Waals surface area contributed by atoms with Gasteiger partial charge in [-0.2, -0.15) is 5.10 Å². The van der Waals surface area contributed by atoms with E-state index in [0.717, 1.165) is 6.21 Å². The molecule has 0 spiro atoms. The van der Waals surface area contributed by atoms with Crippen molar-refractivity contribution in [1.29, 1.82) is 0 Å². The van der Waals surface area contributed by atoms with Crippen LogP contribution in [0.25, 0.3) is 0 Å². The maximum absolute atomic E-state index is 11.7. The maximum atomic E-state index is 11.7. The van der Waals surface area contributed by atoms with Crippen LogP contribution in [-0.4, -0.2) is 28.8 Å². The molecule has 0 aliphatic rings. The minimum absolute atomic E-state index is 0.0362. The first-order chi connectivity index (χ1) is 11.9. The maximum Gasteiger partial charge on any atom is 0.310 e. The fourth-order valence-electron chi connectivity index (χ4n) is 1.76. The van der Waals surface area contributed by atoms with E-state index in [1.54, 1.807) is 6.07 Å². The van der Waals surface area contributed by atoms with Gasteiger partial charge in [-0.05, 0) is 18.2 Å². The van der Waals surface area contributed by atoms with Gasteiger partial charge in [-0.3, -0.25) is 14.9 Å². The van der Waals surface area contributed by atoms with E-state index in [0.29, 0.717) is 0 Å². The van der Waals surface area contributed by atoms with Crippen molar-refractivity contribution in [3.05, 3.63) is 62.1 Å². The molecule has 8 nitrogen and oxygen atoms in total. The van der Waals surface area contributed by atoms with Crippen molar-refractivity contribution in [3.63, 3.8) is 0 Å². The number of hydrazone groups is 1. The van der Waals surface area contributed by atoms with Crippen molar-refractivity contribution in [2.75, 3.05) is 6.61 Å². The van der Waals surface area contributed by atoms with Gasteiger partial charge in [0.05, 0.1) is 16.2 Å². The summed E-state index contributed by atoms with van der Waals surface area (Å²) in [6, 6.07) is 8.43. The first-order valence-corrected chi connectivity index (χ1v) is 7.50. The van der Waals surface area contributed by atoms with Crippen molar-refractivity contribution in [2.45, 2.75) is 0 Å². The second-order valence-electron chi connectivity index (χ2n) is 4.63. The molecular weight excluding hydrogens is 373 g/mol. The minimum Gasteiger partial charge on any atom is -0.506 e. The molecule has 2 aromatic rings. The Bertz CT molecular complexity index is 842. The molecule has 0 heterocycles. The highest BCUT2D eigenvalue weighted by Crippen LogP contribution is 2.30. The van der Waals surface area contributed by atoms with Gasteiger partial charge in [0.15, 0.2) is 12.4 Å². The Hall–Kier alpha value is -2.84. The molecule has 0 aliphatic carbocycles. The lowest BCUT2D eigenvalue weighted by Gasteiger charge is -2.05. The average Bonchev–Trinajstić information content (AvgIpc) is 2.57. The number of nitrogens with one attached hydrogen (secondary N) is 1. The average molecular weight is 384 g/mol. The second-order valence-corrected chi connectivity index (χ2v) is 5.48. The number of halogens is 2. The first-order valence-electron chi connectivity index (χ1n) is 6.74. The van der Waals surface area contributed by atoms with E-state index in [4.69, 9.17) is 27.9 Å². The summed E-state index contributed by atoms with van der Waals surface area (Å²) in [5.41, 5.74) is 2.11. The van der Waals surface area contributed by atoms with Gasteiger partial charge in [0, 0.05) is 16.7 Å². The first kappa shape index (κ1) is 18.5.